The first-order valence-electron chi connectivity index (χ1n) is 8.11. The largest absolute Gasteiger partial charge is 0.495 e. The first-order chi connectivity index (χ1) is 10.8. The normalized spacial score (nSPS) is 22.3. The van der Waals surface area contributed by atoms with Crippen molar-refractivity contribution in [2.75, 3.05) is 20.3 Å². The van der Waals surface area contributed by atoms with E-state index in [0.29, 0.717) is 18.2 Å². The Morgan fingerprint density at radius 2 is 2.13 bits per heavy atom. The number of ether oxygens (including phenoxy) is 2. The van der Waals surface area contributed by atoms with Gasteiger partial charge in [0.1, 0.15) is 10.6 Å². The molecule has 23 heavy (non-hydrogen) atoms. The third-order valence-corrected chi connectivity index (χ3v) is 5.74. The van der Waals surface area contributed by atoms with E-state index in [2.05, 4.69) is 18.6 Å². The molecule has 0 aliphatic carbocycles. The highest BCUT2D eigenvalue weighted by atomic mass is 32.2. The van der Waals surface area contributed by atoms with Crippen LogP contribution >= 0.6 is 0 Å². The minimum absolute atomic E-state index is 0.103. The highest BCUT2D eigenvalue weighted by Gasteiger charge is 2.30. The van der Waals surface area contributed by atoms with Crippen molar-refractivity contribution in [3.8, 4) is 5.75 Å². The van der Waals surface area contributed by atoms with Crippen molar-refractivity contribution in [2.45, 2.75) is 44.6 Å². The Morgan fingerprint density at radius 3 is 2.78 bits per heavy atom. The zero-order valence-electron chi connectivity index (χ0n) is 14.3. The predicted octanol–water partition coefficient (Wildman–Crippen LogP) is 2.73. The Labute approximate surface area is 139 Å². The van der Waals surface area contributed by atoms with Gasteiger partial charge in [-0.25, -0.2) is 13.1 Å². The van der Waals surface area contributed by atoms with Gasteiger partial charge in [-0.2, -0.15) is 0 Å². The number of methoxy groups -OCH3 is 1. The van der Waals surface area contributed by atoms with Gasteiger partial charge < -0.3 is 9.47 Å². The van der Waals surface area contributed by atoms with Gasteiger partial charge >= 0.3 is 0 Å². The van der Waals surface area contributed by atoms with Crippen molar-refractivity contribution in [1.29, 1.82) is 0 Å². The zero-order valence-corrected chi connectivity index (χ0v) is 15.2. The molecule has 1 N–H and O–H groups in total. The summed E-state index contributed by atoms with van der Waals surface area (Å²) in [5, 5.41) is 0. The third-order valence-electron chi connectivity index (χ3n) is 4.30. The van der Waals surface area contributed by atoms with Gasteiger partial charge in [0.25, 0.3) is 0 Å². The van der Waals surface area contributed by atoms with Crippen molar-refractivity contribution in [1.82, 2.24) is 4.72 Å². The highest BCUT2D eigenvalue weighted by molar-refractivity contribution is 7.89. The van der Waals surface area contributed by atoms with E-state index >= 15 is 0 Å². The van der Waals surface area contributed by atoms with Gasteiger partial charge in [0.2, 0.25) is 10.0 Å². The van der Waals surface area contributed by atoms with Crippen LogP contribution in [0.4, 0.5) is 0 Å². The van der Waals surface area contributed by atoms with Gasteiger partial charge in [-0.3, -0.25) is 0 Å². The number of aryl methyl sites for hydroxylation is 1. The van der Waals surface area contributed by atoms with E-state index in [1.54, 1.807) is 12.1 Å². The molecule has 5 nitrogen and oxygen atoms in total. The summed E-state index contributed by atoms with van der Waals surface area (Å²) in [6, 6.07) is 5.16. The molecular formula is C17H27NO4S. The molecular weight excluding hydrogens is 314 g/mol. The average Bonchev–Trinajstić information content (AvgIpc) is 2.53. The summed E-state index contributed by atoms with van der Waals surface area (Å²) in [7, 11) is -2.12. The summed E-state index contributed by atoms with van der Waals surface area (Å²) >= 11 is 0. The molecule has 0 radical (unpaired) electrons. The van der Waals surface area contributed by atoms with Crippen molar-refractivity contribution >= 4 is 10.0 Å². The van der Waals surface area contributed by atoms with Crippen LogP contribution in [0.15, 0.2) is 23.1 Å². The van der Waals surface area contributed by atoms with E-state index < -0.39 is 10.0 Å². The van der Waals surface area contributed by atoms with Crippen LogP contribution in [0.3, 0.4) is 0 Å². The second kappa shape index (κ2) is 7.64. The number of benzene rings is 1. The molecule has 0 bridgehead atoms. The van der Waals surface area contributed by atoms with Crippen LogP contribution in [0, 0.1) is 18.8 Å². The third kappa shape index (κ3) is 4.46. The number of nitrogens with one attached hydrogen (secondary N) is 1. The first-order valence-corrected chi connectivity index (χ1v) is 9.59. The quantitative estimate of drug-likeness (QED) is 0.864. The molecule has 130 valence electrons. The molecule has 0 unspecified atom stereocenters. The minimum Gasteiger partial charge on any atom is -0.495 e. The van der Waals surface area contributed by atoms with E-state index in [4.69, 9.17) is 9.47 Å². The molecule has 1 aliphatic rings. The summed E-state index contributed by atoms with van der Waals surface area (Å²) in [4.78, 5) is 0.192. The van der Waals surface area contributed by atoms with Gasteiger partial charge in [-0.1, -0.05) is 19.9 Å². The second-order valence-corrected chi connectivity index (χ2v) is 8.22. The number of hydrogen-bond donors (Lipinski definition) is 1. The monoisotopic (exact) mass is 341 g/mol. The fraction of sp³-hybridized carbons (Fsp3) is 0.647. The topological polar surface area (TPSA) is 64.6 Å². The molecule has 6 heteroatoms. The van der Waals surface area contributed by atoms with Crippen LogP contribution in [-0.2, 0) is 14.8 Å². The summed E-state index contributed by atoms with van der Waals surface area (Å²) in [5.74, 6) is 0.941. The maximum absolute atomic E-state index is 12.7. The number of rotatable bonds is 6. The standard InChI is InChI=1S/C17H27NO4S/c1-12(2)17-14(6-5-9-22-17)11-18-23(19,20)16-10-13(3)7-8-15(16)21-4/h7-8,10,12,14,17-18H,5-6,9,11H2,1-4H3/t14-,17-/m1/s1. The second-order valence-electron chi connectivity index (χ2n) is 6.49. The van der Waals surface area contributed by atoms with Crippen molar-refractivity contribution in [2.24, 2.45) is 11.8 Å². The van der Waals surface area contributed by atoms with Gasteiger partial charge in [0.05, 0.1) is 13.2 Å². The van der Waals surface area contributed by atoms with E-state index in [1.807, 2.05) is 13.0 Å². The lowest BCUT2D eigenvalue weighted by atomic mass is 9.88. The molecule has 1 aromatic rings. The van der Waals surface area contributed by atoms with Crippen LogP contribution in [0.1, 0.15) is 32.3 Å². The summed E-state index contributed by atoms with van der Waals surface area (Å²) in [6.07, 6.45) is 2.06. The van der Waals surface area contributed by atoms with Crippen LogP contribution < -0.4 is 9.46 Å². The fourth-order valence-corrected chi connectivity index (χ4v) is 4.45. The highest BCUT2D eigenvalue weighted by Crippen LogP contribution is 2.28. The maximum atomic E-state index is 12.7. The number of hydrogen-bond acceptors (Lipinski definition) is 4. The fourth-order valence-electron chi connectivity index (χ4n) is 3.11. The van der Waals surface area contributed by atoms with Crippen molar-refractivity contribution in [3.05, 3.63) is 23.8 Å². The molecule has 2 atom stereocenters. The number of sulfonamides is 1. The average molecular weight is 341 g/mol. The van der Waals surface area contributed by atoms with E-state index in [-0.39, 0.29) is 16.9 Å². The molecule has 1 aliphatic heterocycles. The lowest BCUT2D eigenvalue weighted by Crippen LogP contribution is -2.41. The van der Waals surface area contributed by atoms with Crippen molar-refractivity contribution in [3.63, 3.8) is 0 Å². The Morgan fingerprint density at radius 1 is 1.39 bits per heavy atom. The summed E-state index contributed by atoms with van der Waals surface area (Å²) < 4.78 is 39.1. The van der Waals surface area contributed by atoms with Crippen molar-refractivity contribution < 1.29 is 17.9 Å². The van der Waals surface area contributed by atoms with Crippen LogP contribution in [0.2, 0.25) is 0 Å². The predicted molar refractivity (Wildman–Crippen MR) is 90.2 cm³/mol. The van der Waals surface area contributed by atoms with Crippen LogP contribution in [0.25, 0.3) is 0 Å². The van der Waals surface area contributed by atoms with Gasteiger partial charge in [0.15, 0.2) is 0 Å². The lowest BCUT2D eigenvalue weighted by molar-refractivity contribution is -0.0502. The van der Waals surface area contributed by atoms with Crippen LogP contribution in [-0.4, -0.2) is 34.8 Å². The smallest absolute Gasteiger partial charge is 0.244 e. The molecule has 1 aromatic carbocycles. The first kappa shape index (κ1) is 18.2. The molecule has 0 aromatic heterocycles. The molecule has 0 amide bonds. The molecule has 1 fully saturated rings. The Hall–Kier alpha value is -1.11. The molecule has 0 spiro atoms. The minimum atomic E-state index is -3.60. The van der Waals surface area contributed by atoms with Crippen LogP contribution in [0.5, 0.6) is 5.75 Å². The van der Waals surface area contributed by atoms with Gasteiger partial charge in [0, 0.05) is 13.2 Å². The SMILES string of the molecule is COc1ccc(C)cc1S(=O)(=O)NC[C@H]1CCCO[C@@H]1C(C)C. The molecule has 1 saturated heterocycles. The molecule has 2 rings (SSSR count). The Kier molecular flexibility index (Phi) is 6.06. The Bertz CT molecular complexity index is 627. The van der Waals surface area contributed by atoms with E-state index in [9.17, 15) is 8.42 Å². The van der Waals surface area contributed by atoms with E-state index in [0.717, 1.165) is 25.0 Å². The lowest BCUT2D eigenvalue weighted by Gasteiger charge is -2.34. The molecule has 0 saturated carbocycles. The maximum Gasteiger partial charge on any atom is 0.244 e. The summed E-state index contributed by atoms with van der Waals surface area (Å²) in [5.41, 5.74) is 0.882. The summed E-state index contributed by atoms with van der Waals surface area (Å²) in [6.45, 7) is 7.24. The molecule has 1 heterocycles. The zero-order chi connectivity index (χ0) is 17.0. The van der Waals surface area contributed by atoms with Gasteiger partial charge in [-0.15, -0.1) is 0 Å². The Balaban J connectivity index is 2.14. The van der Waals surface area contributed by atoms with E-state index in [1.165, 1.54) is 7.11 Å². The van der Waals surface area contributed by atoms with Gasteiger partial charge in [-0.05, 0) is 49.3 Å².